The summed E-state index contributed by atoms with van der Waals surface area (Å²) in [5, 5.41) is 0.827. The summed E-state index contributed by atoms with van der Waals surface area (Å²) in [6.45, 7) is 2.26. The first-order chi connectivity index (χ1) is 13.3. The first-order valence-electron chi connectivity index (χ1n) is 10.7. The van der Waals surface area contributed by atoms with Crippen LogP contribution in [0.5, 0.6) is 0 Å². The third-order valence-electron chi connectivity index (χ3n) is 5.67. The van der Waals surface area contributed by atoms with Gasteiger partial charge in [0.15, 0.2) is 0 Å². The first kappa shape index (κ1) is 20.0. The molecule has 1 heteroatoms. The molecule has 1 aliphatic rings. The third kappa shape index (κ3) is 6.15. The molecule has 0 amide bonds. The molecule has 0 nitrogen and oxygen atoms in total. The Morgan fingerprint density at radius 2 is 1.67 bits per heavy atom. The summed E-state index contributed by atoms with van der Waals surface area (Å²) in [4.78, 5) is 0. The van der Waals surface area contributed by atoms with Gasteiger partial charge in [0.1, 0.15) is 0 Å². The average molecular weight is 379 g/mol. The van der Waals surface area contributed by atoms with Gasteiger partial charge in [-0.2, -0.15) is 0 Å². The summed E-state index contributed by atoms with van der Waals surface area (Å²) < 4.78 is 0. The molecule has 1 aliphatic carbocycles. The van der Waals surface area contributed by atoms with Crippen LogP contribution in [-0.2, 0) is 6.42 Å². The number of benzene rings is 2. The van der Waals surface area contributed by atoms with Crippen LogP contribution in [-0.4, -0.2) is 0 Å². The Kier molecular flexibility index (Phi) is 7.85. The minimum absolute atomic E-state index is 0.618. The van der Waals surface area contributed by atoms with Crippen LogP contribution in [0.2, 0.25) is 5.02 Å². The highest BCUT2D eigenvalue weighted by Crippen LogP contribution is 2.35. The summed E-state index contributed by atoms with van der Waals surface area (Å²) in [7, 11) is 0. The van der Waals surface area contributed by atoms with Crippen molar-refractivity contribution < 1.29 is 0 Å². The molecule has 0 atom stereocenters. The van der Waals surface area contributed by atoms with Gasteiger partial charge in [0.2, 0.25) is 0 Å². The molecular weight excluding hydrogens is 348 g/mol. The van der Waals surface area contributed by atoms with Gasteiger partial charge < -0.3 is 0 Å². The van der Waals surface area contributed by atoms with Gasteiger partial charge in [-0.1, -0.05) is 81.0 Å². The molecule has 1 saturated carbocycles. The Morgan fingerprint density at radius 1 is 0.889 bits per heavy atom. The third-order valence-corrected chi connectivity index (χ3v) is 5.91. The molecule has 3 rings (SSSR count). The van der Waals surface area contributed by atoms with E-state index in [0.717, 1.165) is 16.1 Å². The molecule has 0 N–H and O–H groups in total. The van der Waals surface area contributed by atoms with Crippen molar-refractivity contribution in [2.75, 3.05) is 0 Å². The zero-order chi connectivity index (χ0) is 18.9. The maximum absolute atomic E-state index is 6.28. The minimum Gasteiger partial charge on any atom is -0.0843 e. The molecule has 1 fully saturated rings. The highest BCUT2D eigenvalue weighted by atomic mass is 35.5. The van der Waals surface area contributed by atoms with E-state index in [-0.39, 0.29) is 0 Å². The average Bonchev–Trinajstić information content (AvgIpc) is 2.72. The maximum atomic E-state index is 6.28. The van der Waals surface area contributed by atoms with E-state index in [9.17, 15) is 0 Å². The number of hydrogen-bond donors (Lipinski definition) is 0. The molecule has 27 heavy (non-hydrogen) atoms. The predicted molar refractivity (Wildman–Crippen MR) is 118 cm³/mol. The fraction of sp³-hybridized carbons (Fsp3) is 0.462. The Labute approximate surface area is 170 Å². The molecule has 0 bridgehead atoms. The Bertz CT molecular complexity index is 770. The minimum atomic E-state index is 0.618. The SMILES string of the molecule is CCCCCCc1ccc(C#Cc2ccc(Cl)cc2C2CCCCC2)cc1. The lowest BCUT2D eigenvalue weighted by molar-refractivity contribution is 0.443. The smallest absolute Gasteiger partial charge is 0.0409 e. The summed E-state index contributed by atoms with van der Waals surface area (Å²) >= 11 is 6.28. The topological polar surface area (TPSA) is 0 Å². The largest absolute Gasteiger partial charge is 0.0843 e. The van der Waals surface area contributed by atoms with E-state index in [1.165, 1.54) is 75.3 Å². The second-order valence-corrected chi connectivity index (χ2v) is 8.26. The molecule has 0 spiro atoms. The second-order valence-electron chi connectivity index (χ2n) is 7.82. The van der Waals surface area contributed by atoms with E-state index in [0.29, 0.717) is 5.92 Å². The van der Waals surface area contributed by atoms with Gasteiger partial charge in [0, 0.05) is 16.1 Å². The van der Waals surface area contributed by atoms with Crippen LogP contribution in [0.15, 0.2) is 42.5 Å². The van der Waals surface area contributed by atoms with Crippen LogP contribution in [0.1, 0.15) is 92.9 Å². The lowest BCUT2D eigenvalue weighted by atomic mass is 9.82. The van der Waals surface area contributed by atoms with Crippen molar-refractivity contribution >= 4 is 11.6 Å². The Hall–Kier alpha value is -1.71. The fourth-order valence-electron chi connectivity index (χ4n) is 4.05. The van der Waals surface area contributed by atoms with Crippen LogP contribution < -0.4 is 0 Å². The first-order valence-corrected chi connectivity index (χ1v) is 11.0. The zero-order valence-electron chi connectivity index (χ0n) is 16.6. The molecule has 0 aliphatic heterocycles. The molecule has 0 aromatic heterocycles. The summed E-state index contributed by atoms with van der Waals surface area (Å²) in [5.41, 5.74) is 5.01. The van der Waals surface area contributed by atoms with Crippen LogP contribution in [0, 0.1) is 11.8 Å². The lowest BCUT2D eigenvalue weighted by Gasteiger charge is -2.23. The summed E-state index contributed by atoms with van der Waals surface area (Å²) in [6, 6.07) is 15.0. The van der Waals surface area contributed by atoms with Gasteiger partial charge in [-0.05, 0) is 73.1 Å². The van der Waals surface area contributed by atoms with E-state index < -0.39 is 0 Å². The number of halogens is 1. The lowest BCUT2D eigenvalue weighted by Crippen LogP contribution is -2.06. The van der Waals surface area contributed by atoms with Crippen molar-refractivity contribution in [2.45, 2.75) is 77.0 Å². The monoisotopic (exact) mass is 378 g/mol. The van der Waals surface area contributed by atoms with E-state index in [2.05, 4.69) is 55.2 Å². The van der Waals surface area contributed by atoms with Crippen LogP contribution in [0.4, 0.5) is 0 Å². The van der Waals surface area contributed by atoms with Crippen LogP contribution in [0.25, 0.3) is 0 Å². The quantitative estimate of drug-likeness (QED) is 0.353. The van der Waals surface area contributed by atoms with E-state index >= 15 is 0 Å². The molecule has 0 unspecified atom stereocenters. The van der Waals surface area contributed by atoms with E-state index in [4.69, 9.17) is 11.6 Å². The van der Waals surface area contributed by atoms with Crippen LogP contribution >= 0.6 is 11.6 Å². The van der Waals surface area contributed by atoms with Crippen molar-refractivity contribution in [2.24, 2.45) is 0 Å². The highest BCUT2D eigenvalue weighted by molar-refractivity contribution is 6.30. The second kappa shape index (κ2) is 10.6. The van der Waals surface area contributed by atoms with Gasteiger partial charge in [-0.15, -0.1) is 0 Å². The summed E-state index contributed by atoms with van der Waals surface area (Å²) in [5.74, 6) is 7.41. The standard InChI is InChI=1S/C26H31Cl/c1-2-3-4-6-9-21-12-14-22(15-13-21)16-17-24-18-19-25(27)20-26(24)23-10-7-5-8-11-23/h12-15,18-20,23H,2-11H2,1H3. The Balaban J connectivity index is 1.70. The number of unbranched alkanes of at least 4 members (excludes halogenated alkanes) is 3. The van der Waals surface area contributed by atoms with Gasteiger partial charge in [-0.3, -0.25) is 0 Å². The van der Waals surface area contributed by atoms with Crippen molar-refractivity contribution in [3.8, 4) is 11.8 Å². The van der Waals surface area contributed by atoms with Crippen molar-refractivity contribution in [3.05, 3.63) is 69.7 Å². The normalized spacial score (nSPS) is 14.6. The summed E-state index contributed by atoms with van der Waals surface area (Å²) in [6.07, 6.45) is 13.0. The molecule has 0 saturated heterocycles. The van der Waals surface area contributed by atoms with Gasteiger partial charge >= 0.3 is 0 Å². The molecule has 0 radical (unpaired) electrons. The molecule has 142 valence electrons. The van der Waals surface area contributed by atoms with Gasteiger partial charge in [0.25, 0.3) is 0 Å². The zero-order valence-corrected chi connectivity index (χ0v) is 17.3. The Morgan fingerprint density at radius 3 is 2.41 bits per heavy atom. The van der Waals surface area contributed by atoms with Crippen LogP contribution in [0.3, 0.4) is 0 Å². The van der Waals surface area contributed by atoms with Gasteiger partial charge in [0.05, 0.1) is 0 Å². The van der Waals surface area contributed by atoms with E-state index in [1.807, 2.05) is 6.07 Å². The number of hydrogen-bond acceptors (Lipinski definition) is 0. The predicted octanol–water partition coefficient (Wildman–Crippen LogP) is 7.91. The highest BCUT2D eigenvalue weighted by Gasteiger charge is 2.18. The van der Waals surface area contributed by atoms with Crippen molar-refractivity contribution in [1.29, 1.82) is 0 Å². The van der Waals surface area contributed by atoms with Gasteiger partial charge in [-0.25, -0.2) is 0 Å². The fourth-order valence-corrected chi connectivity index (χ4v) is 4.23. The molecule has 0 heterocycles. The number of aryl methyl sites for hydroxylation is 1. The number of rotatable bonds is 6. The van der Waals surface area contributed by atoms with Crippen molar-refractivity contribution in [1.82, 2.24) is 0 Å². The van der Waals surface area contributed by atoms with Crippen molar-refractivity contribution in [3.63, 3.8) is 0 Å². The van der Waals surface area contributed by atoms with E-state index in [1.54, 1.807) is 0 Å². The molecule has 2 aromatic carbocycles. The molecular formula is C26H31Cl. The molecule has 2 aromatic rings. The maximum Gasteiger partial charge on any atom is 0.0409 e.